The maximum absolute atomic E-state index is 6.04. The highest BCUT2D eigenvalue weighted by molar-refractivity contribution is 4.71. The van der Waals surface area contributed by atoms with Crippen molar-refractivity contribution < 1.29 is 4.74 Å². The first kappa shape index (κ1) is 11.0. The maximum Gasteiger partial charge on any atom is 0.0581 e. The molecule has 1 aliphatic heterocycles. The van der Waals surface area contributed by atoms with E-state index < -0.39 is 0 Å². The Morgan fingerprint density at radius 2 is 1.92 bits per heavy atom. The minimum Gasteiger partial charge on any atom is -0.375 e. The summed E-state index contributed by atoms with van der Waals surface area (Å²) in [4.78, 5) is 0. The lowest BCUT2D eigenvalue weighted by Crippen LogP contribution is -2.28. The van der Waals surface area contributed by atoms with E-state index in [-0.39, 0.29) is 0 Å². The predicted molar refractivity (Wildman–Crippen MR) is 56.9 cm³/mol. The van der Waals surface area contributed by atoms with Gasteiger partial charge in [-0.25, -0.2) is 0 Å². The summed E-state index contributed by atoms with van der Waals surface area (Å²) in [6.07, 6.45) is 8.87. The van der Waals surface area contributed by atoms with Crippen LogP contribution in [0.2, 0.25) is 0 Å². The van der Waals surface area contributed by atoms with Gasteiger partial charge in [0.05, 0.1) is 12.2 Å². The summed E-state index contributed by atoms with van der Waals surface area (Å²) in [5.74, 6) is 0.783. The average molecular weight is 184 g/mol. The molecule has 0 amide bonds. The van der Waals surface area contributed by atoms with Crippen LogP contribution < -0.4 is 0 Å². The van der Waals surface area contributed by atoms with E-state index in [1.165, 1.54) is 38.5 Å². The SMILES string of the molecule is CCCC1CCCC(CC(C)C)O1. The highest BCUT2D eigenvalue weighted by Gasteiger charge is 2.21. The molecule has 1 fully saturated rings. The van der Waals surface area contributed by atoms with E-state index in [9.17, 15) is 0 Å². The van der Waals surface area contributed by atoms with E-state index in [4.69, 9.17) is 4.74 Å². The molecule has 1 nitrogen and oxygen atoms in total. The van der Waals surface area contributed by atoms with E-state index in [0.29, 0.717) is 12.2 Å². The Hall–Kier alpha value is -0.0400. The van der Waals surface area contributed by atoms with Crippen molar-refractivity contribution in [3.05, 3.63) is 0 Å². The van der Waals surface area contributed by atoms with E-state index >= 15 is 0 Å². The largest absolute Gasteiger partial charge is 0.375 e. The molecule has 1 heterocycles. The van der Waals surface area contributed by atoms with Gasteiger partial charge in [0.15, 0.2) is 0 Å². The van der Waals surface area contributed by atoms with Crippen LogP contribution in [0.3, 0.4) is 0 Å². The van der Waals surface area contributed by atoms with Crippen LogP contribution in [0, 0.1) is 5.92 Å². The molecule has 0 saturated carbocycles. The number of hydrogen-bond acceptors (Lipinski definition) is 1. The van der Waals surface area contributed by atoms with Crippen LogP contribution >= 0.6 is 0 Å². The molecule has 1 aliphatic rings. The van der Waals surface area contributed by atoms with Gasteiger partial charge in [-0.2, -0.15) is 0 Å². The molecule has 1 saturated heterocycles. The molecule has 0 bridgehead atoms. The fourth-order valence-corrected chi connectivity index (χ4v) is 2.21. The van der Waals surface area contributed by atoms with Crippen molar-refractivity contribution in [2.45, 2.75) is 71.5 Å². The summed E-state index contributed by atoms with van der Waals surface area (Å²) in [6.45, 7) is 6.81. The molecule has 13 heavy (non-hydrogen) atoms. The van der Waals surface area contributed by atoms with Crippen LogP contribution in [0.25, 0.3) is 0 Å². The fraction of sp³-hybridized carbons (Fsp3) is 1.00. The van der Waals surface area contributed by atoms with Gasteiger partial charge in [-0.1, -0.05) is 27.2 Å². The second kappa shape index (κ2) is 5.64. The Labute approximate surface area is 82.9 Å². The molecule has 2 atom stereocenters. The topological polar surface area (TPSA) is 9.23 Å². The van der Waals surface area contributed by atoms with Crippen molar-refractivity contribution in [2.24, 2.45) is 5.92 Å². The third-order valence-electron chi connectivity index (χ3n) is 2.78. The highest BCUT2D eigenvalue weighted by Crippen LogP contribution is 2.25. The van der Waals surface area contributed by atoms with E-state index in [0.717, 1.165) is 5.92 Å². The van der Waals surface area contributed by atoms with Gasteiger partial charge < -0.3 is 4.74 Å². The van der Waals surface area contributed by atoms with Gasteiger partial charge in [0.2, 0.25) is 0 Å². The molecule has 0 aromatic rings. The van der Waals surface area contributed by atoms with Gasteiger partial charge in [0.25, 0.3) is 0 Å². The van der Waals surface area contributed by atoms with Gasteiger partial charge >= 0.3 is 0 Å². The first-order valence-electron chi connectivity index (χ1n) is 5.87. The van der Waals surface area contributed by atoms with Gasteiger partial charge in [0.1, 0.15) is 0 Å². The zero-order valence-corrected chi connectivity index (χ0v) is 9.38. The summed E-state index contributed by atoms with van der Waals surface area (Å²) in [7, 11) is 0. The lowest BCUT2D eigenvalue weighted by molar-refractivity contribution is -0.0610. The summed E-state index contributed by atoms with van der Waals surface area (Å²) >= 11 is 0. The summed E-state index contributed by atoms with van der Waals surface area (Å²) in [5, 5.41) is 0. The Morgan fingerprint density at radius 1 is 1.23 bits per heavy atom. The third kappa shape index (κ3) is 4.12. The van der Waals surface area contributed by atoms with Crippen molar-refractivity contribution in [3.63, 3.8) is 0 Å². The second-order valence-electron chi connectivity index (χ2n) is 4.73. The average Bonchev–Trinajstić information content (AvgIpc) is 2.04. The molecule has 0 aromatic carbocycles. The molecule has 78 valence electrons. The monoisotopic (exact) mass is 184 g/mol. The Bertz CT molecular complexity index is 129. The Balaban J connectivity index is 2.24. The molecular formula is C12H24O. The molecule has 0 spiro atoms. The van der Waals surface area contributed by atoms with Crippen molar-refractivity contribution in [2.75, 3.05) is 0 Å². The normalized spacial score (nSPS) is 29.5. The molecule has 0 aliphatic carbocycles. The third-order valence-corrected chi connectivity index (χ3v) is 2.78. The van der Waals surface area contributed by atoms with Crippen LogP contribution in [0.1, 0.15) is 59.3 Å². The maximum atomic E-state index is 6.04. The van der Waals surface area contributed by atoms with Crippen LogP contribution in [0.4, 0.5) is 0 Å². The zero-order chi connectivity index (χ0) is 9.68. The molecule has 1 rings (SSSR count). The quantitative estimate of drug-likeness (QED) is 0.646. The standard InChI is InChI=1S/C12H24O/c1-4-6-11-7-5-8-12(13-11)9-10(2)3/h10-12H,4-9H2,1-3H3. The van der Waals surface area contributed by atoms with Gasteiger partial charge in [0, 0.05) is 0 Å². The fourth-order valence-electron chi connectivity index (χ4n) is 2.21. The van der Waals surface area contributed by atoms with Crippen molar-refractivity contribution in [3.8, 4) is 0 Å². The Morgan fingerprint density at radius 3 is 2.54 bits per heavy atom. The lowest BCUT2D eigenvalue weighted by Gasteiger charge is -2.31. The minimum absolute atomic E-state index is 0.560. The van der Waals surface area contributed by atoms with Crippen molar-refractivity contribution >= 4 is 0 Å². The minimum atomic E-state index is 0.560. The van der Waals surface area contributed by atoms with Crippen molar-refractivity contribution in [1.82, 2.24) is 0 Å². The number of hydrogen-bond donors (Lipinski definition) is 0. The van der Waals surface area contributed by atoms with Crippen molar-refractivity contribution in [1.29, 1.82) is 0 Å². The van der Waals surface area contributed by atoms with Gasteiger partial charge in [-0.3, -0.25) is 0 Å². The van der Waals surface area contributed by atoms with Gasteiger partial charge in [-0.05, 0) is 38.0 Å². The molecule has 0 N–H and O–H groups in total. The first-order valence-corrected chi connectivity index (χ1v) is 5.87. The van der Waals surface area contributed by atoms with Crippen LogP contribution in [0.15, 0.2) is 0 Å². The molecule has 0 radical (unpaired) electrons. The zero-order valence-electron chi connectivity index (χ0n) is 9.38. The second-order valence-corrected chi connectivity index (χ2v) is 4.73. The van der Waals surface area contributed by atoms with Crippen LogP contribution in [-0.4, -0.2) is 12.2 Å². The summed E-state index contributed by atoms with van der Waals surface area (Å²) in [5.41, 5.74) is 0. The van der Waals surface area contributed by atoms with E-state index in [2.05, 4.69) is 20.8 Å². The summed E-state index contributed by atoms with van der Waals surface area (Å²) < 4.78 is 6.04. The van der Waals surface area contributed by atoms with Crippen LogP contribution in [0.5, 0.6) is 0 Å². The molecule has 0 aromatic heterocycles. The smallest absolute Gasteiger partial charge is 0.0581 e. The lowest BCUT2D eigenvalue weighted by atomic mass is 9.96. The molecular weight excluding hydrogens is 160 g/mol. The first-order chi connectivity index (χ1) is 6.22. The van der Waals surface area contributed by atoms with Crippen LogP contribution in [-0.2, 0) is 4.74 Å². The predicted octanol–water partition coefficient (Wildman–Crippen LogP) is 3.77. The summed E-state index contributed by atoms with van der Waals surface area (Å²) in [6, 6.07) is 0. The molecule has 2 unspecified atom stereocenters. The number of ether oxygens (including phenoxy) is 1. The van der Waals surface area contributed by atoms with Gasteiger partial charge in [-0.15, -0.1) is 0 Å². The Kier molecular flexibility index (Phi) is 4.79. The van der Waals surface area contributed by atoms with E-state index in [1.807, 2.05) is 0 Å². The molecule has 1 heteroatoms. The highest BCUT2D eigenvalue weighted by atomic mass is 16.5. The van der Waals surface area contributed by atoms with E-state index in [1.54, 1.807) is 0 Å². The number of rotatable bonds is 4.